The van der Waals surface area contributed by atoms with E-state index in [9.17, 15) is 12.8 Å². The standard InChI is InChI=1S/C16H18FNO2S/c1-11-8-13(10-14(17)9-11)16(18-2)12-4-6-15(7-5-12)21(3,19)20/h4-10,16,18H,1-3H3. The molecule has 21 heavy (non-hydrogen) atoms. The molecule has 0 aliphatic rings. The van der Waals surface area contributed by atoms with Crippen LogP contribution in [0.2, 0.25) is 0 Å². The van der Waals surface area contributed by atoms with Crippen LogP contribution >= 0.6 is 0 Å². The van der Waals surface area contributed by atoms with Crippen molar-refractivity contribution in [1.29, 1.82) is 0 Å². The molecule has 2 rings (SSSR count). The molecule has 2 aromatic rings. The molecule has 0 bridgehead atoms. The fourth-order valence-electron chi connectivity index (χ4n) is 2.36. The Morgan fingerprint density at radius 1 is 1.05 bits per heavy atom. The largest absolute Gasteiger partial charge is 0.309 e. The van der Waals surface area contributed by atoms with E-state index in [0.717, 1.165) is 16.7 Å². The smallest absolute Gasteiger partial charge is 0.175 e. The van der Waals surface area contributed by atoms with Crippen LogP contribution in [0.1, 0.15) is 22.7 Å². The number of halogens is 1. The van der Waals surface area contributed by atoms with Crippen LogP contribution in [-0.2, 0) is 9.84 Å². The Hall–Kier alpha value is -1.72. The van der Waals surface area contributed by atoms with Crippen LogP contribution in [0.4, 0.5) is 4.39 Å². The number of hydrogen-bond donors (Lipinski definition) is 1. The molecule has 0 saturated carbocycles. The van der Waals surface area contributed by atoms with E-state index in [1.54, 1.807) is 31.3 Å². The van der Waals surface area contributed by atoms with Gasteiger partial charge in [-0.1, -0.05) is 18.2 Å². The summed E-state index contributed by atoms with van der Waals surface area (Å²) in [5.41, 5.74) is 2.54. The summed E-state index contributed by atoms with van der Waals surface area (Å²) in [5.74, 6) is -0.280. The molecule has 1 unspecified atom stereocenters. The van der Waals surface area contributed by atoms with Gasteiger partial charge in [-0.05, 0) is 54.9 Å². The van der Waals surface area contributed by atoms with Gasteiger partial charge in [-0.15, -0.1) is 0 Å². The minimum absolute atomic E-state index is 0.187. The first-order valence-corrected chi connectivity index (χ1v) is 8.45. The van der Waals surface area contributed by atoms with E-state index < -0.39 is 9.84 Å². The Bertz CT molecular complexity index is 719. The quantitative estimate of drug-likeness (QED) is 0.945. The number of hydrogen-bond acceptors (Lipinski definition) is 3. The second-order valence-corrected chi connectivity index (χ2v) is 7.14. The molecule has 0 amide bonds. The number of sulfone groups is 1. The molecule has 5 heteroatoms. The van der Waals surface area contributed by atoms with Crippen LogP contribution < -0.4 is 5.32 Å². The van der Waals surface area contributed by atoms with Gasteiger partial charge in [-0.25, -0.2) is 12.8 Å². The van der Waals surface area contributed by atoms with Crippen molar-refractivity contribution < 1.29 is 12.8 Å². The normalized spacial score (nSPS) is 13.1. The lowest BCUT2D eigenvalue weighted by atomic mass is 9.97. The monoisotopic (exact) mass is 307 g/mol. The van der Waals surface area contributed by atoms with Crippen LogP contribution in [0.15, 0.2) is 47.4 Å². The van der Waals surface area contributed by atoms with Gasteiger partial charge in [-0.2, -0.15) is 0 Å². The van der Waals surface area contributed by atoms with Gasteiger partial charge in [0.1, 0.15) is 5.82 Å². The number of benzene rings is 2. The zero-order chi connectivity index (χ0) is 15.6. The Morgan fingerprint density at radius 2 is 1.67 bits per heavy atom. The molecule has 1 atom stereocenters. The van der Waals surface area contributed by atoms with Gasteiger partial charge in [0.25, 0.3) is 0 Å². The van der Waals surface area contributed by atoms with E-state index in [2.05, 4.69) is 5.32 Å². The fraction of sp³-hybridized carbons (Fsp3) is 0.250. The van der Waals surface area contributed by atoms with E-state index in [1.807, 2.05) is 13.0 Å². The van der Waals surface area contributed by atoms with E-state index in [1.165, 1.54) is 18.4 Å². The third-order valence-corrected chi connectivity index (χ3v) is 4.46. The first kappa shape index (κ1) is 15.7. The molecule has 0 radical (unpaired) electrons. The molecule has 2 aromatic carbocycles. The molecule has 1 N–H and O–H groups in total. The molecule has 0 aliphatic carbocycles. The van der Waals surface area contributed by atoms with E-state index >= 15 is 0 Å². The summed E-state index contributed by atoms with van der Waals surface area (Å²) in [6, 6.07) is 11.3. The Balaban J connectivity index is 2.42. The van der Waals surface area contributed by atoms with E-state index in [-0.39, 0.29) is 16.8 Å². The molecule has 0 heterocycles. The first-order chi connectivity index (χ1) is 9.81. The summed E-state index contributed by atoms with van der Waals surface area (Å²) < 4.78 is 36.5. The topological polar surface area (TPSA) is 46.2 Å². The zero-order valence-electron chi connectivity index (χ0n) is 12.2. The lowest BCUT2D eigenvalue weighted by Crippen LogP contribution is -2.18. The molecule has 0 saturated heterocycles. The van der Waals surface area contributed by atoms with Gasteiger partial charge < -0.3 is 5.32 Å². The highest BCUT2D eigenvalue weighted by Gasteiger charge is 2.14. The van der Waals surface area contributed by atoms with Gasteiger partial charge in [-0.3, -0.25) is 0 Å². The van der Waals surface area contributed by atoms with Crippen LogP contribution in [0.5, 0.6) is 0 Å². The van der Waals surface area contributed by atoms with Gasteiger partial charge in [0.15, 0.2) is 9.84 Å². The van der Waals surface area contributed by atoms with E-state index in [4.69, 9.17) is 0 Å². The van der Waals surface area contributed by atoms with Crippen molar-refractivity contribution in [1.82, 2.24) is 5.32 Å². The van der Waals surface area contributed by atoms with Crippen LogP contribution in [0.3, 0.4) is 0 Å². The average molecular weight is 307 g/mol. The maximum atomic E-state index is 13.6. The predicted molar refractivity (Wildman–Crippen MR) is 81.6 cm³/mol. The Kier molecular flexibility index (Phi) is 4.44. The summed E-state index contributed by atoms with van der Waals surface area (Å²) in [7, 11) is -1.42. The highest BCUT2D eigenvalue weighted by atomic mass is 32.2. The second-order valence-electron chi connectivity index (χ2n) is 5.12. The maximum Gasteiger partial charge on any atom is 0.175 e. The van der Waals surface area contributed by atoms with Gasteiger partial charge >= 0.3 is 0 Å². The summed E-state index contributed by atoms with van der Waals surface area (Å²) in [6.45, 7) is 1.84. The van der Waals surface area contributed by atoms with Gasteiger partial charge in [0, 0.05) is 6.26 Å². The lowest BCUT2D eigenvalue weighted by molar-refractivity contribution is 0.601. The number of aryl methyl sites for hydroxylation is 1. The minimum Gasteiger partial charge on any atom is -0.309 e. The van der Waals surface area contributed by atoms with Crippen molar-refractivity contribution in [3.05, 3.63) is 65.0 Å². The Labute approximate surface area is 124 Å². The summed E-state index contributed by atoms with van der Waals surface area (Å²) in [6.07, 6.45) is 1.17. The van der Waals surface area contributed by atoms with Crippen molar-refractivity contribution in [2.75, 3.05) is 13.3 Å². The van der Waals surface area contributed by atoms with E-state index in [0.29, 0.717) is 0 Å². The molecule has 0 fully saturated rings. The number of nitrogens with one attached hydrogen (secondary N) is 1. The highest BCUT2D eigenvalue weighted by Crippen LogP contribution is 2.24. The van der Waals surface area contributed by atoms with Gasteiger partial charge in [0.05, 0.1) is 10.9 Å². The average Bonchev–Trinajstić information content (AvgIpc) is 2.38. The molecule has 112 valence electrons. The molecule has 0 aromatic heterocycles. The highest BCUT2D eigenvalue weighted by molar-refractivity contribution is 7.90. The van der Waals surface area contributed by atoms with Crippen molar-refractivity contribution in [2.24, 2.45) is 0 Å². The van der Waals surface area contributed by atoms with Crippen LogP contribution in [0.25, 0.3) is 0 Å². The third-order valence-electron chi connectivity index (χ3n) is 3.33. The van der Waals surface area contributed by atoms with Gasteiger partial charge in [0.2, 0.25) is 0 Å². The summed E-state index contributed by atoms with van der Waals surface area (Å²) in [4.78, 5) is 0.275. The van der Waals surface area contributed by atoms with Crippen molar-refractivity contribution in [2.45, 2.75) is 17.9 Å². The Morgan fingerprint density at radius 3 is 2.14 bits per heavy atom. The van der Waals surface area contributed by atoms with Crippen molar-refractivity contribution in [3.63, 3.8) is 0 Å². The zero-order valence-corrected chi connectivity index (χ0v) is 13.0. The molecule has 0 aliphatic heterocycles. The van der Waals surface area contributed by atoms with Crippen LogP contribution in [0, 0.1) is 12.7 Å². The SMILES string of the molecule is CNC(c1ccc(S(C)(=O)=O)cc1)c1cc(C)cc(F)c1. The third kappa shape index (κ3) is 3.68. The molecule has 3 nitrogen and oxygen atoms in total. The lowest BCUT2D eigenvalue weighted by Gasteiger charge is -2.18. The summed E-state index contributed by atoms with van der Waals surface area (Å²) in [5, 5.41) is 3.13. The molecular weight excluding hydrogens is 289 g/mol. The van der Waals surface area contributed by atoms with Crippen molar-refractivity contribution >= 4 is 9.84 Å². The molecule has 0 spiro atoms. The molecular formula is C16H18FNO2S. The predicted octanol–water partition coefficient (Wildman–Crippen LogP) is 2.85. The minimum atomic E-state index is -3.21. The van der Waals surface area contributed by atoms with Crippen LogP contribution in [-0.4, -0.2) is 21.7 Å². The maximum absolute atomic E-state index is 13.6. The van der Waals surface area contributed by atoms with Crippen molar-refractivity contribution in [3.8, 4) is 0 Å². The second kappa shape index (κ2) is 5.95. The fourth-order valence-corrected chi connectivity index (χ4v) is 3.00. The number of rotatable bonds is 4. The summed E-state index contributed by atoms with van der Waals surface area (Å²) >= 11 is 0. The first-order valence-electron chi connectivity index (χ1n) is 6.55.